The average Bonchev–Trinajstić information content (AvgIpc) is 3.21. The third-order valence-corrected chi connectivity index (χ3v) is 5.21. The number of carbonyl (C=O) groups is 1. The lowest BCUT2D eigenvalue weighted by molar-refractivity contribution is -0.163. The number of pyridine rings is 1. The van der Waals surface area contributed by atoms with Crippen molar-refractivity contribution < 1.29 is 14.3 Å². The van der Waals surface area contributed by atoms with Gasteiger partial charge >= 0.3 is 0 Å². The number of aromatic nitrogens is 1. The van der Waals surface area contributed by atoms with Crippen LogP contribution >= 0.6 is 0 Å². The number of likely N-dealkylation sites (tertiary alicyclic amines) is 1. The monoisotopic (exact) mass is 314 g/mol. The van der Waals surface area contributed by atoms with Crippen LogP contribution in [0.25, 0.3) is 0 Å². The van der Waals surface area contributed by atoms with Gasteiger partial charge in [0.2, 0.25) is 5.91 Å². The Morgan fingerprint density at radius 2 is 2.39 bits per heavy atom. The summed E-state index contributed by atoms with van der Waals surface area (Å²) in [4.78, 5) is 18.4. The molecule has 0 unspecified atom stereocenters. The van der Waals surface area contributed by atoms with Crippen LogP contribution in [-0.2, 0) is 9.53 Å². The standard InChI is InChI=1S/C18H22N2O3/c21-17(14-4-1-2-5-14)20-12-18(13-20)15(7-9-23-18)11-22-16-6-3-8-19-10-16/h3-4,6,8,10,15H,1-2,5,7,9,11-13H2/t15-/m1/s1. The quantitative estimate of drug-likeness (QED) is 0.855. The van der Waals surface area contributed by atoms with E-state index in [9.17, 15) is 4.79 Å². The van der Waals surface area contributed by atoms with E-state index in [0.29, 0.717) is 25.6 Å². The summed E-state index contributed by atoms with van der Waals surface area (Å²) in [5, 5.41) is 0. The fourth-order valence-corrected chi connectivity index (χ4v) is 3.81. The molecule has 122 valence electrons. The minimum absolute atomic E-state index is 0.197. The third kappa shape index (κ3) is 2.74. The molecule has 2 saturated heterocycles. The molecule has 0 bridgehead atoms. The van der Waals surface area contributed by atoms with Gasteiger partial charge in [0.15, 0.2) is 0 Å². The molecule has 3 heterocycles. The van der Waals surface area contributed by atoms with E-state index >= 15 is 0 Å². The molecule has 1 amide bonds. The van der Waals surface area contributed by atoms with Crippen molar-refractivity contribution in [1.29, 1.82) is 0 Å². The lowest BCUT2D eigenvalue weighted by Gasteiger charge is -2.50. The van der Waals surface area contributed by atoms with Crippen molar-refractivity contribution in [2.75, 3.05) is 26.3 Å². The fraction of sp³-hybridized carbons (Fsp3) is 0.556. The van der Waals surface area contributed by atoms with Crippen LogP contribution in [0.4, 0.5) is 0 Å². The van der Waals surface area contributed by atoms with E-state index in [1.54, 1.807) is 12.4 Å². The Bertz CT molecular complexity index is 608. The van der Waals surface area contributed by atoms with Crippen LogP contribution in [0.5, 0.6) is 5.75 Å². The first kappa shape index (κ1) is 14.7. The summed E-state index contributed by atoms with van der Waals surface area (Å²) in [7, 11) is 0. The number of nitrogens with zero attached hydrogens (tertiary/aromatic N) is 2. The molecular formula is C18H22N2O3. The summed E-state index contributed by atoms with van der Waals surface area (Å²) in [5.74, 6) is 1.33. The highest BCUT2D eigenvalue weighted by molar-refractivity contribution is 5.94. The predicted molar refractivity (Wildman–Crippen MR) is 85.0 cm³/mol. The smallest absolute Gasteiger partial charge is 0.249 e. The van der Waals surface area contributed by atoms with Gasteiger partial charge in [-0.1, -0.05) is 6.08 Å². The number of amides is 1. The number of hydrogen-bond donors (Lipinski definition) is 0. The second-order valence-corrected chi connectivity index (χ2v) is 6.68. The molecule has 1 atom stereocenters. The summed E-state index contributed by atoms with van der Waals surface area (Å²) >= 11 is 0. The summed E-state index contributed by atoms with van der Waals surface area (Å²) in [6.07, 6.45) is 9.62. The summed E-state index contributed by atoms with van der Waals surface area (Å²) in [6.45, 7) is 2.77. The lowest BCUT2D eigenvalue weighted by Crippen LogP contribution is -2.67. The Labute approximate surface area is 136 Å². The minimum Gasteiger partial charge on any atom is -0.492 e. The van der Waals surface area contributed by atoms with Gasteiger partial charge in [0.05, 0.1) is 25.9 Å². The van der Waals surface area contributed by atoms with Crippen LogP contribution < -0.4 is 4.74 Å². The van der Waals surface area contributed by atoms with Crippen LogP contribution in [0.15, 0.2) is 36.2 Å². The Morgan fingerprint density at radius 1 is 1.48 bits per heavy atom. The van der Waals surface area contributed by atoms with Crippen LogP contribution in [0.1, 0.15) is 25.7 Å². The van der Waals surface area contributed by atoms with E-state index in [1.807, 2.05) is 17.0 Å². The summed E-state index contributed by atoms with van der Waals surface area (Å²) in [5.41, 5.74) is 0.790. The van der Waals surface area contributed by atoms with Gasteiger partial charge in [0, 0.05) is 24.3 Å². The molecule has 0 radical (unpaired) electrons. The van der Waals surface area contributed by atoms with Gasteiger partial charge < -0.3 is 14.4 Å². The molecule has 2 aliphatic heterocycles. The average molecular weight is 314 g/mol. The normalized spacial score (nSPS) is 25.3. The zero-order chi connectivity index (χ0) is 15.7. The number of hydrogen-bond acceptors (Lipinski definition) is 4. The number of rotatable bonds is 4. The second kappa shape index (κ2) is 5.96. The van der Waals surface area contributed by atoms with Crippen molar-refractivity contribution >= 4 is 5.91 Å². The fourth-order valence-electron chi connectivity index (χ4n) is 3.81. The molecule has 23 heavy (non-hydrogen) atoms. The molecule has 5 heteroatoms. The molecule has 1 spiro atoms. The Kier molecular flexibility index (Phi) is 3.81. The first-order valence-corrected chi connectivity index (χ1v) is 8.42. The van der Waals surface area contributed by atoms with Gasteiger partial charge in [-0.05, 0) is 37.8 Å². The maximum atomic E-state index is 12.4. The van der Waals surface area contributed by atoms with Gasteiger partial charge in [-0.25, -0.2) is 0 Å². The first-order chi connectivity index (χ1) is 11.3. The highest BCUT2D eigenvalue weighted by atomic mass is 16.5. The largest absolute Gasteiger partial charge is 0.492 e. The van der Waals surface area contributed by atoms with Crippen molar-refractivity contribution in [2.24, 2.45) is 5.92 Å². The van der Waals surface area contributed by atoms with Gasteiger partial charge in [-0.15, -0.1) is 0 Å². The number of ether oxygens (including phenoxy) is 2. The molecule has 3 aliphatic rings. The molecule has 2 fully saturated rings. The molecule has 0 N–H and O–H groups in total. The lowest BCUT2D eigenvalue weighted by atomic mass is 9.81. The van der Waals surface area contributed by atoms with E-state index in [1.165, 1.54) is 0 Å². The van der Waals surface area contributed by atoms with Gasteiger partial charge in [0.25, 0.3) is 0 Å². The Hall–Kier alpha value is -1.88. The minimum atomic E-state index is -0.197. The van der Waals surface area contributed by atoms with Crippen molar-refractivity contribution in [1.82, 2.24) is 9.88 Å². The van der Waals surface area contributed by atoms with Crippen LogP contribution in [-0.4, -0.2) is 47.7 Å². The molecule has 0 saturated carbocycles. The summed E-state index contributed by atoms with van der Waals surface area (Å²) < 4.78 is 11.9. The predicted octanol–water partition coefficient (Wildman–Crippen LogP) is 2.19. The van der Waals surface area contributed by atoms with E-state index < -0.39 is 0 Å². The van der Waals surface area contributed by atoms with Crippen LogP contribution in [0.2, 0.25) is 0 Å². The van der Waals surface area contributed by atoms with Crippen molar-refractivity contribution in [2.45, 2.75) is 31.3 Å². The highest BCUT2D eigenvalue weighted by Crippen LogP contribution is 2.41. The Balaban J connectivity index is 1.34. The van der Waals surface area contributed by atoms with Gasteiger partial charge in [-0.3, -0.25) is 9.78 Å². The highest BCUT2D eigenvalue weighted by Gasteiger charge is 2.54. The second-order valence-electron chi connectivity index (χ2n) is 6.68. The Morgan fingerprint density at radius 3 is 3.13 bits per heavy atom. The van der Waals surface area contributed by atoms with E-state index in [4.69, 9.17) is 9.47 Å². The molecule has 4 rings (SSSR count). The molecule has 1 aromatic heterocycles. The third-order valence-electron chi connectivity index (χ3n) is 5.21. The SMILES string of the molecule is O=C(C1=CCCC1)N1CC2(C1)OCC[C@@H]2COc1cccnc1. The number of allylic oxidation sites excluding steroid dienone is 1. The van der Waals surface area contributed by atoms with Crippen molar-refractivity contribution in [3.63, 3.8) is 0 Å². The zero-order valence-electron chi connectivity index (χ0n) is 13.2. The van der Waals surface area contributed by atoms with E-state index in [2.05, 4.69) is 11.1 Å². The molecule has 1 aliphatic carbocycles. The van der Waals surface area contributed by atoms with Crippen LogP contribution in [0, 0.1) is 5.92 Å². The molecule has 0 aromatic carbocycles. The zero-order valence-corrected chi connectivity index (χ0v) is 13.2. The molecule has 1 aromatic rings. The molecule has 5 nitrogen and oxygen atoms in total. The maximum absolute atomic E-state index is 12.4. The van der Waals surface area contributed by atoms with Crippen molar-refractivity contribution in [3.8, 4) is 5.75 Å². The summed E-state index contributed by atoms with van der Waals surface area (Å²) in [6, 6.07) is 3.79. The topological polar surface area (TPSA) is 51.7 Å². The maximum Gasteiger partial charge on any atom is 0.249 e. The van der Waals surface area contributed by atoms with E-state index in [0.717, 1.165) is 43.6 Å². The van der Waals surface area contributed by atoms with Crippen LogP contribution in [0.3, 0.4) is 0 Å². The van der Waals surface area contributed by atoms with Gasteiger partial charge in [0.1, 0.15) is 11.4 Å². The van der Waals surface area contributed by atoms with E-state index in [-0.39, 0.29) is 11.5 Å². The van der Waals surface area contributed by atoms with Crippen molar-refractivity contribution in [3.05, 3.63) is 36.2 Å². The van der Waals surface area contributed by atoms with Gasteiger partial charge in [-0.2, -0.15) is 0 Å². The number of carbonyl (C=O) groups excluding carboxylic acids is 1. The molecular weight excluding hydrogens is 292 g/mol. The first-order valence-electron chi connectivity index (χ1n) is 8.42.